The van der Waals surface area contributed by atoms with Crippen LogP contribution in [-0.4, -0.2) is 29.2 Å². The van der Waals surface area contributed by atoms with Gasteiger partial charge in [0.2, 0.25) is 0 Å². The summed E-state index contributed by atoms with van der Waals surface area (Å²) >= 11 is 0. The molecule has 1 aromatic rings. The lowest BCUT2D eigenvalue weighted by Gasteiger charge is -2.21. The molecule has 1 aromatic heterocycles. The van der Waals surface area contributed by atoms with Gasteiger partial charge in [-0.1, -0.05) is 19.3 Å². The van der Waals surface area contributed by atoms with E-state index in [0.717, 1.165) is 5.69 Å². The number of hydrogen-bond acceptors (Lipinski definition) is 3. The van der Waals surface area contributed by atoms with E-state index < -0.39 is 0 Å². The molecule has 0 amide bonds. The van der Waals surface area contributed by atoms with E-state index in [2.05, 4.69) is 15.1 Å². The van der Waals surface area contributed by atoms with Crippen molar-refractivity contribution in [2.24, 2.45) is 0 Å². The summed E-state index contributed by atoms with van der Waals surface area (Å²) in [7, 11) is 1.79. The van der Waals surface area contributed by atoms with Crippen molar-refractivity contribution in [2.45, 2.75) is 44.6 Å². The fraction of sp³-hybridized carbons (Fsp3) is 0.692. The highest BCUT2D eigenvalue weighted by Gasteiger charge is 2.16. The number of ketones is 1. The lowest BCUT2D eigenvalue weighted by molar-refractivity contribution is -0.117. The number of nitrogens with one attached hydrogen (secondary N) is 1. The molecule has 1 aliphatic carbocycles. The maximum atomic E-state index is 11.5. The van der Waals surface area contributed by atoms with Crippen molar-refractivity contribution in [2.75, 3.05) is 13.6 Å². The Balaban J connectivity index is 1.93. The van der Waals surface area contributed by atoms with Crippen LogP contribution >= 0.6 is 0 Å². The van der Waals surface area contributed by atoms with Crippen LogP contribution in [0.5, 0.6) is 0 Å². The van der Waals surface area contributed by atoms with Gasteiger partial charge in [-0.15, -0.1) is 0 Å². The Kier molecular flexibility index (Phi) is 4.31. The molecule has 4 heteroatoms. The molecule has 1 fully saturated rings. The number of carbonyl (C=O) groups excluding carboxylic acids is 1. The third-order valence-corrected chi connectivity index (χ3v) is 3.36. The first-order chi connectivity index (χ1) is 8.29. The molecule has 0 spiro atoms. The molecule has 1 saturated carbocycles. The van der Waals surface area contributed by atoms with Gasteiger partial charge in [-0.3, -0.25) is 9.48 Å². The molecular weight excluding hydrogens is 214 g/mol. The van der Waals surface area contributed by atoms with Gasteiger partial charge in [0.05, 0.1) is 24.7 Å². The van der Waals surface area contributed by atoms with E-state index in [1.165, 1.54) is 32.1 Å². The summed E-state index contributed by atoms with van der Waals surface area (Å²) in [5.74, 6) is 0.196. The number of Topliss-reactive ketones (excluding diaryl/α,β-unsaturated/α-hetero) is 1. The van der Waals surface area contributed by atoms with Crippen molar-refractivity contribution in [3.63, 3.8) is 0 Å². The van der Waals surface area contributed by atoms with E-state index in [9.17, 15) is 4.79 Å². The third-order valence-electron chi connectivity index (χ3n) is 3.36. The van der Waals surface area contributed by atoms with E-state index in [-0.39, 0.29) is 5.78 Å². The summed E-state index contributed by atoms with van der Waals surface area (Å²) < 4.78 is 2.06. The summed E-state index contributed by atoms with van der Waals surface area (Å²) in [5, 5.41) is 7.40. The smallest absolute Gasteiger partial charge is 0.152 e. The SMILES string of the molecule is CNCC(=O)Cc1ccn(C2CCCCC2)n1. The van der Waals surface area contributed by atoms with E-state index in [1.807, 2.05) is 12.3 Å². The highest BCUT2D eigenvalue weighted by atomic mass is 16.1. The van der Waals surface area contributed by atoms with E-state index in [1.54, 1.807) is 7.05 Å². The Hall–Kier alpha value is -1.16. The number of aromatic nitrogens is 2. The molecule has 0 aliphatic heterocycles. The van der Waals surface area contributed by atoms with Crippen LogP contribution in [0.15, 0.2) is 12.3 Å². The van der Waals surface area contributed by atoms with Crippen molar-refractivity contribution in [1.82, 2.24) is 15.1 Å². The highest BCUT2D eigenvalue weighted by molar-refractivity contribution is 5.82. The number of rotatable bonds is 5. The molecule has 1 aliphatic rings. The summed E-state index contributed by atoms with van der Waals surface area (Å²) in [6.45, 7) is 0.427. The van der Waals surface area contributed by atoms with Crippen LogP contribution in [0.2, 0.25) is 0 Å². The molecule has 1 heterocycles. The summed E-state index contributed by atoms with van der Waals surface area (Å²) in [6.07, 6.45) is 8.89. The largest absolute Gasteiger partial charge is 0.313 e. The summed E-state index contributed by atoms with van der Waals surface area (Å²) in [4.78, 5) is 11.5. The van der Waals surface area contributed by atoms with Crippen molar-refractivity contribution in [3.05, 3.63) is 18.0 Å². The van der Waals surface area contributed by atoms with Crippen molar-refractivity contribution >= 4 is 5.78 Å². The van der Waals surface area contributed by atoms with Gasteiger partial charge >= 0.3 is 0 Å². The van der Waals surface area contributed by atoms with Crippen LogP contribution in [0.4, 0.5) is 0 Å². The maximum absolute atomic E-state index is 11.5. The van der Waals surface area contributed by atoms with Gasteiger partial charge in [0, 0.05) is 6.20 Å². The zero-order chi connectivity index (χ0) is 12.1. The molecular formula is C13H21N3O. The van der Waals surface area contributed by atoms with Gasteiger partial charge in [-0.05, 0) is 26.0 Å². The quantitative estimate of drug-likeness (QED) is 0.845. The number of nitrogens with zero attached hydrogens (tertiary/aromatic N) is 2. The lowest BCUT2D eigenvalue weighted by Crippen LogP contribution is -2.20. The first-order valence-corrected chi connectivity index (χ1v) is 6.50. The van der Waals surface area contributed by atoms with Crippen LogP contribution in [-0.2, 0) is 11.2 Å². The van der Waals surface area contributed by atoms with Crippen molar-refractivity contribution in [1.29, 1.82) is 0 Å². The van der Waals surface area contributed by atoms with Crippen LogP contribution in [0, 0.1) is 0 Å². The summed E-state index contributed by atoms with van der Waals surface area (Å²) in [6, 6.07) is 2.53. The Bertz CT molecular complexity index is 366. The van der Waals surface area contributed by atoms with E-state index in [4.69, 9.17) is 0 Å². The minimum Gasteiger partial charge on any atom is -0.313 e. The average molecular weight is 235 g/mol. The second-order valence-electron chi connectivity index (χ2n) is 4.82. The Morgan fingerprint density at radius 3 is 2.94 bits per heavy atom. The molecule has 1 N–H and O–H groups in total. The van der Waals surface area contributed by atoms with Gasteiger partial charge in [0.15, 0.2) is 5.78 Å². The van der Waals surface area contributed by atoms with Gasteiger partial charge in [-0.2, -0.15) is 5.10 Å². The number of likely N-dealkylation sites (N-methyl/N-ethyl adjacent to an activating group) is 1. The Labute approximate surface area is 102 Å². The van der Waals surface area contributed by atoms with Gasteiger partial charge in [-0.25, -0.2) is 0 Å². The fourth-order valence-corrected chi connectivity index (χ4v) is 2.48. The topological polar surface area (TPSA) is 46.9 Å². The molecule has 17 heavy (non-hydrogen) atoms. The molecule has 4 nitrogen and oxygen atoms in total. The van der Waals surface area contributed by atoms with E-state index >= 15 is 0 Å². The first kappa shape index (κ1) is 12.3. The second-order valence-corrected chi connectivity index (χ2v) is 4.82. The molecule has 0 bridgehead atoms. The zero-order valence-electron chi connectivity index (χ0n) is 10.5. The predicted octanol–water partition coefficient (Wildman–Crippen LogP) is 1.72. The van der Waals surface area contributed by atoms with Crippen LogP contribution < -0.4 is 5.32 Å². The lowest BCUT2D eigenvalue weighted by atomic mass is 9.96. The monoisotopic (exact) mass is 235 g/mol. The van der Waals surface area contributed by atoms with Crippen LogP contribution in [0.1, 0.15) is 43.8 Å². The van der Waals surface area contributed by atoms with Crippen molar-refractivity contribution in [3.8, 4) is 0 Å². The minimum absolute atomic E-state index is 0.196. The third kappa shape index (κ3) is 3.40. The molecule has 0 unspecified atom stereocenters. The normalized spacial score (nSPS) is 17.2. The van der Waals surface area contributed by atoms with E-state index in [0.29, 0.717) is 19.0 Å². The molecule has 0 radical (unpaired) electrons. The highest BCUT2D eigenvalue weighted by Crippen LogP contribution is 2.27. The molecule has 0 aromatic carbocycles. The summed E-state index contributed by atoms with van der Waals surface area (Å²) in [5.41, 5.74) is 0.899. The van der Waals surface area contributed by atoms with Crippen molar-refractivity contribution < 1.29 is 4.79 Å². The standard InChI is InChI=1S/C13H21N3O/c1-14-10-13(17)9-11-7-8-16(15-11)12-5-3-2-4-6-12/h7-8,12,14H,2-6,9-10H2,1H3. The fourth-order valence-electron chi connectivity index (χ4n) is 2.48. The van der Waals surface area contributed by atoms with Crippen LogP contribution in [0.3, 0.4) is 0 Å². The predicted molar refractivity (Wildman–Crippen MR) is 67.0 cm³/mol. The Morgan fingerprint density at radius 2 is 2.24 bits per heavy atom. The zero-order valence-corrected chi connectivity index (χ0v) is 10.5. The molecule has 0 saturated heterocycles. The van der Waals surface area contributed by atoms with Gasteiger partial charge in [0.1, 0.15) is 0 Å². The first-order valence-electron chi connectivity index (χ1n) is 6.50. The van der Waals surface area contributed by atoms with Gasteiger partial charge in [0.25, 0.3) is 0 Å². The Morgan fingerprint density at radius 1 is 1.47 bits per heavy atom. The molecule has 94 valence electrons. The number of carbonyl (C=O) groups is 1. The second kappa shape index (κ2) is 5.96. The molecule has 0 atom stereocenters. The maximum Gasteiger partial charge on any atom is 0.152 e. The van der Waals surface area contributed by atoms with Gasteiger partial charge < -0.3 is 5.32 Å². The average Bonchev–Trinajstić information content (AvgIpc) is 2.79. The molecule has 2 rings (SSSR count). The number of hydrogen-bond donors (Lipinski definition) is 1. The minimum atomic E-state index is 0.196. The van der Waals surface area contributed by atoms with Crippen LogP contribution in [0.25, 0.3) is 0 Å².